The van der Waals surface area contributed by atoms with E-state index in [9.17, 15) is 4.79 Å². The molecule has 0 aliphatic heterocycles. The van der Waals surface area contributed by atoms with Crippen LogP contribution in [0.1, 0.15) is 6.92 Å². The summed E-state index contributed by atoms with van der Waals surface area (Å²) in [6.45, 7) is 4.36. The van der Waals surface area contributed by atoms with Crippen LogP contribution in [-0.2, 0) is 9.53 Å². The first-order chi connectivity index (χ1) is 4.83. The summed E-state index contributed by atoms with van der Waals surface area (Å²) >= 11 is 11.4. The van der Waals surface area contributed by atoms with Crippen LogP contribution in [0.15, 0.2) is 12.2 Å². The molecular weight excluding hydrogens is 203 g/mol. The van der Waals surface area contributed by atoms with E-state index >= 15 is 0 Å². The highest BCUT2D eigenvalue weighted by Gasteiger charge is 2.23. The summed E-state index contributed by atoms with van der Waals surface area (Å²) < 4.78 is 4.73. The summed E-state index contributed by atoms with van der Waals surface area (Å²) in [5.74, 6) is -0.440. The first kappa shape index (κ1) is 11.0. The lowest BCUT2D eigenvalue weighted by Crippen LogP contribution is -2.25. The van der Waals surface area contributed by atoms with Crippen LogP contribution in [0.4, 0.5) is 0 Å². The second-order valence-corrected chi connectivity index (χ2v) is 10.4. The van der Waals surface area contributed by atoms with Gasteiger partial charge in [0.2, 0.25) is 0 Å². The standard InChI is InChI=1S/C6H10Cl2O2Si/c1-5(2)6(9)10-4-11(3,7)8/h1,4H2,2-3H3. The quantitative estimate of drug-likeness (QED) is 0.311. The molecule has 0 atom stereocenters. The number of hydrogen-bond donors (Lipinski definition) is 0. The first-order valence-electron chi connectivity index (χ1n) is 3.03. The Morgan fingerprint density at radius 2 is 2.09 bits per heavy atom. The molecule has 0 bridgehead atoms. The number of carbonyl (C=O) groups is 1. The van der Waals surface area contributed by atoms with Crippen LogP contribution in [0.5, 0.6) is 0 Å². The zero-order valence-electron chi connectivity index (χ0n) is 6.49. The molecule has 0 unspecified atom stereocenters. The molecule has 5 heteroatoms. The Hall–Kier alpha value is 0.00688. The average molecular weight is 213 g/mol. The van der Waals surface area contributed by atoms with Gasteiger partial charge in [0.05, 0.1) is 0 Å². The van der Waals surface area contributed by atoms with Crippen LogP contribution in [0.25, 0.3) is 0 Å². The molecule has 0 heterocycles. The number of halogens is 2. The predicted octanol–water partition coefficient (Wildman–Crippen LogP) is 2.19. The maximum absolute atomic E-state index is 10.8. The Morgan fingerprint density at radius 1 is 1.64 bits per heavy atom. The molecule has 0 saturated heterocycles. The number of esters is 1. The van der Waals surface area contributed by atoms with Crippen molar-refractivity contribution in [2.75, 3.05) is 6.23 Å². The minimum absolute atomic E-state index is 0.113. The van der Waals surface area contributed by atoms with E-state index in [2.05, 4.69) is 6.58 Å². The molecule has 11 heavy (non-hydrogen) atoms. The van der Waals surface area contributed by atoms with Gasteiger partial charge in [-0.2, -0.15) is 0 Å². The fraction of sp³-hybridized carbons (Fsp3) is 0.500. The van der Waals surface area contributed by atoms with E-state index in [1.807, 2.05) is 0 Å². The van der Waals surface area contributed by atoms with Crippen molar-refractivity contribution >= 4 is 34.8 Å². The molecule has 0 aromatic carbocycles. The smallest absolute Gasteiger partial charge is 0.332 e. The van der Waals surface area contributed by atoms with Gasteiger partial charge < -0.3 is 4.74 Å². The van der Waals surface area contributed by atoms with Crippen LogP contribution in [0, 0.1) is 0 Å². The average Bonchev–Trinajstić information content (AvgIpc) is 1.80. The summed E-state index contributed by atoms with van der Waals surface area (Å²) in [7, 11) is 0. The van der Waals surface area contributed by atoms with Crippen LogP contribution in [-0.4, -0.2) is 18.9 Å². The number of hydrogen-bond acceptors (Lipinski definition) is 2. The maximum Gasteiger partial charge on any atom is 0.332 e. The van der Waals surface area contributed by atoms with Crippen molar-refractivity contribution in [1.29, 1.82) is 0 Å². The highest BCUT2D eigenvalue weighted by molar-refractivity contribution is 7.44. The number of rotatable bonds is 3. The summed E-state index contributed by atoms with van der Waals surface area (Å²) in [6.07, 6.45) is 0.113. The molecule has 0 aromatic heterocycles. The summed E-state index contributed by atoms with van der Waals surface area (Å²) in [4.78, 5) is 10.8. The van der Waals surface area contributed by atoms with E-state index in [0.717, 1.165) is 0 Å². The molecule has 0 aliphatic rings. The van der Waals surface area contributed by atoms with Crippen molar-refractivity contribution in [3.05, 3.63) is 12.2 Å². The Balaban J connectivity index is 3.73. The Bertz CT molecular complexity index is 174. The van der Waals surface area contributed by atoms with Crippen LogP contribution in [0.2, 0.25) is 6.55 Å². The Morgan fingerprint density at radius 3 is 2.36 bits per heavy atom. The predicted molar refractivity (Wildman–Crippen MR) is 49.1 cm³/mol. The maximum atomic E-state index is 10.8. The van der Waals surface area contributed by atoms with Gasteiger partial charge in [0, 0.05) is 5.57 Å². The Kier molecular flexibility index (Phi) is 4.14. The molecular formula is C6H10Cl2O2Si. The lowest BCUT2D eigenvalue weighted by atomic mass is 10.4. The van der Waals surface area contributed by atoms with E-state index in [1.165, 1.54) is 0 Å². The van der Waals surface area contributed by atoms with Crippen LogP contribution in [0.3, 0.4) is 0 Å². The van der Waals surface area contributed by atoms with Gasteiger partial charge in [-0.3, -0.25) is 0 Å². The van der Waals surface area contributed by atoms with Gasteiger partial charge in [0.15, 0.2) is 0 Å². The zero-order chi connectivity index (χ0) is 9.07. The lowest BCUT2D eigenvalue weighted by molar-refractivity contribution is -0.137. The Labute approximate surface area is 76.5 Å². The molecule has 0 amide bonds. The molecule has 0 N–H and O–H groups in total. The van der Waals surface area contributed by atoms with Crippen LogP contribution < -0.4 is 0 Å². The normalized spacial score (nSPS) is 10.9. The van der Waals surface area contributed by atoms with Crippen molar-refractivity contribution < 1.29 is 9.53 Å². The van der Waals surface area contributed by atoms with Gasteiger partial charge in [-0.05, 0) is 13.5 Å². The largest absolute Gasteiger partial charge is 0.463 e. The third-order valence-corrected chi connectivity index (χ3v) is 2.11. The molecule has 0 aromatic rings. The van der Waals surface area contributed by atoms with Gasteiger partial charge in [-0.25, -0.2) is 4.79 Å². The van der Waals surface area contributed by atoms with E-state index in [1.54, 1.807) is 13.5 Å². The molecule has 0 fully saturated rings. The fourth-order valence-corrected chi connectivity index (χ4v) is 1.03. The zero-order valence-corrected chi connectivity index (χ0v) is 9.00. The fourth-order valence-electron chi connectivity index (χ4n) is 0.315. The molecule has 0 aliphatic carbocycles. The SMILES string of the molecule is C=C(C)C(=O)OC[Si](C)(Cl)Cl. The lowest BCUT2D eigenvalue weighted by Gasteiger charge is -2.10. The highest BCUT2D eigenvalue weighted by Crippen LogP contribution is 2.14. The molecule has 0 rings (SSSR count). The summed E-state index contributed by atoms with van der Waals surface area (Å²) in [5, 5.41) is 0. The first-order valence-corrected chi connectivity index (χ1v) is 7.76. The highest BCUT2D eigenvalue weighted by atomic mass is 35.7. The minimum atomic E-state index is -2.31. The van der Waals surface area contributed by atoms with Crippen LogP contribution >= 0.6 is 22.2 Å². The van der Waals surface area contributed by atoms with Gasteiger partial charge in [0.1, 0.15) is 6.23 Å². The van der Waals surface area contributed by atoms with E-state index < -0.39 is 12.7 Å². The third kappa shape index (κ3) is 6.41. The van der Waals surface area contributed by atoms with Crippen molar-refractivity contribution in [3.8, 4) is 0 Å². The number of ether oxygens (including phenoxy) is 1. The molecule has 2 nitrogen and oxygen atoms in total. The van der Waals surface area contributed by atoms with E-state index in [0.29, 0.717) is 5.57 Å². The topological polar surface area (TPSA) is 26.3 Å². The van der Waals surface area contributed by atoms with Gasteiger partial charge in [-0.1, -0.05) is 6.58 Å². The number of carbonyl (C=O) groups excluding carboxylic acids is 1. The van der Waals surface area contributed by atoms with Crippen molar-refractivity contribution in [2.24, 2.45) is 0 Å². The van der Waals surface area contributed by atoms with Crippen molar-refractivity contribution in [2.45, 2.75) is 13.5 Å². The molecule has 0 saturated carbocycles. The molecule has 0 spiro atoms. The third-order valence-electron chi connectivity index (χ3n) is 0.805. The van der Waals surface area contributed by atoms with Crippen molar-refractivity contribution in [3.63, 3.8) is 0 Å². The van der Waals surface area contributed by atoms with E-state index in [4.69, 9.17) is 26.9 Å². The summed E-state index contributed by atoms with van der Waals surface area (Å²) in [6, 6.07) is 0. The second kappa shape index (κ2) is 4.14. The van der Waals surface area contributed by atoms with Gasteiger partial charge >= 0.3 is 5.97 Å². The molecule has 64 valence electrons. The summed E-state index contributed by atoms with van der Waals surface area (Å²) in [5.41, 5.74) is 0.358. The monoisotopic (exact) mass is 212 g/mol. The van der Waals surface area contributed by atoms with E-state index in [-0.39, 0.29) is 6.23 Å². The minimum Gasteiger partial charge on any atom is -0.463 e. The molecule has 0 radical (unpaired) electrons. The van der Waals surface area contributed by atoms with Crippen molar-refractivity contribution in [1.82, 2.24) is 0 Å². The second-order valence-electron chi connectivity index (χ2n) is 2.43. The van der Waals surface area contributed by atoms with Gasteiger partial charge in [-0.15, -0.1) is 22.2 Å². The van der Waals surface area contributed by atoms with Gasteiger partial charge in [0.25, 0.3) is 6.69 Å².